The Morgan fingerprint density at radius 1 is 1.29 bits per heavy atom. The second-order valence-electron chi connectivity index (χ2n) is 6.61. The number of carbonyl (C=O) groups excluding carboxylic acids is 1. The average molecular weight is 326 g/mol. The van der Waals surface area contributed by atoms with Crippen LogP contribution in [0.2, 0.25) is 0 Å². The van der Waals surface area contributed by atoms with Crippen LogP contribution in [0.3, 0.4) is 0 Å². The molecule has 128 valence electrons. The maximum absolute atomic E-state index is 12.7. The van der Waals surface area contributed by atoms with Crippen LogP contribution in [0, 0.1) is 13.8 Å². The molecule has 3 heterocycles. The van der Waals surface area contributed by atoms with Crippen molar-refractivity contribution >= 4 is 5.91 Å². The van der Waals surface area contributed by atoms with Gasteiger partial charge in [0.25, 0.3) is 0 Å². The van der Waals surface area contributed by atoms with Crippen LogP contribution in [0.1, 0.15) is 55.2 Å². The summed E-state index contributed by atoms with van der Waals surface area (Å²) in [4.78, 5) is 19.2. The predicted molar refractivity (Wildman–Crippen MR) is 93.5 cm³/mol. The third-order valence-electron chi connectivity index (χ3n) is 4.72. The van der Waals surface area contributed by atoms with E-state index in [0.717, 1.165) is 55.9 Å². The molecule has 0 saturated carbocycles. The Kier molecular flexibility index (Phi) is 5.28. The van der Waals surface area contributed by atoms with Gasteiger partial charge in [-0.15, -0.1) is 0 Å². The van der Waals surface area contributed by atoms with Gasteiger partial charge in [-0.05, 0) is 57.7 Å². The zero-order valence-electron chi connectivity index (χ0n) is 14.6. The minimum Gasteiger partial charge on any atom is -0.334 e. The van der Waals surface area contributed by atoms with E-state index < -0.39 is 0 Å². The molecule has 1 aliphatic heterocycles. The lowest BCUT2D eigenvalue weighted by Gasteiger charge is -2.35. The third-order valence-corrected chi connectivity index (χ3v) is 4.72. The number of hydrogen-bond donors (Lipinski definition) is 0. The number of hydrogen-bond acceptors (Lipinski definition) is 3. The minimum absolute atomic E-state index is 0.140. The summed E-state index contributed by atoms with van der Waals surface area (Å²) in [5, 5.41) is 4.46. The van der Waals surface area contributed by atoms with Gasteiger partial charge in [-0.3, -0.25) is 14.5 Å². The number of piperidine rings is 1. The van der Waals surface area contributed by atoms with Crippen LogP contribution in [0.5, 0.6) is 0 Å². The summed E-state index contributed by atoms with van der Waals surface area (Å²) in [6.45, 7) is 5.71. The summed E-state index contributed by atoms with van der Waals surface area (Å²) in [5.41, 5.74) is 3.21. The number of aryl methyl sites for hydroxylation is 3. The first-order valence-corrected chi connectivity index (χ1v) is 8.86. The molecule has 1 atom stereocenters. The van der Waals surface area contributed by atoms with E-state index in [1.54, 1.807) is 0 Å². The van der Waals surface area contributed by atoms with Crippen LogP contribution in [0.15, 0.2) is 30.5 Å². The van der Waals surface area contributed by atoms with Crippen molar-refractivity contribution in [2.75, 3.05) is 6.54 Å². The molecule has 0 aliphatic carbocycles. The highest BCUT2D eigenvalue weighted by Crippen LogP contribution is 2.30. The lowest BCUT2D eigenvalue weighted by atomic mass is 9.98. The highest BCUT2D eigenvalue weighted by molar-refractivity contribution is 5.76. The highest BCUT2D eigenvalue weighted by atomic mass is 16.2. The molecule has 1 aliphatic rings. The molecule has 0 spiro atoms. The van der Waals surface area contributed by atoms with Crippen molar-refractivity contribution < 1.29 is 4.79 Å². The summed E-state index contributed by atoms with van der Waals surface area (Å²) in [6.07, 6.45) is 6.48. The number of rotatable bonds is 5. The Balaban J connectivity index is 1.59. The van der Waals surface area contributed by atoms with Gasteiger partial charge >= 0.3 is 0 Å². The van der Waals surface area contributed by atoms with Crippen LogP contribution in [0.4, 0.5) is 0 Å². The molecule has 2 aromatic heterocycles. The number of likely N-dealkylation sites (tertiary alicyclic amines) is 1. The molecule has 3 rings (SSSR count). The van der Waals surface area contributed by atoms with Gasteiger partial charge in [0, 0.05) is 31.4 Å². The van der Waals surface area contributed by atoms with Gasteiger partial charge < -0.3 is 4.90 Å². The fourth-order valence-corrected chi connectivity index (χ4v) is 3.54. The maximum Gasteiger partial charge on any atom is 0.223 e. The summed E-state index contributed by atoms with van der Waals surface area (Å²) >= 11 is 0. The number of aromatic nitrogens is 3. The zero-order chi connectivity index (χ0) is 16.9. The fourth-order valence-electron chi connectivity index (χ4n) is 3.54. The first-order valence-electron chi connectivity index (χ1n) is 8.86. The number of carbonyl (C=O) groups is 1. The normalized spacial score (nSPS) is 17.9. The monoisotopic (exact) mass is 326 g/mol. The first kappa shape index (κ1) is 16.7. The van der Waals surface area contributed by atoms with Gasteiger partial charge in [-0.2, -0.15) is 5.10 Å². The van der Waals surface area contributed by atoms with Crippen molar-refractivity contribution in [1.82, 2.24) is 19.7 Å². The van der Waals surface area contributed by atoms with E-state index in [0.29, 0.717) is 6.42 Å². The summed E-state index contributed by atoms with van der Waals surface area (Å²) in [6, 6.07) is 8.17. The Hall–Kier alpha value is -2.17. The molecule has 5 heteroatoms. The molecule has 0 bridgehead atoms. The molecular formula is C19H26N4O. The smallest absolute Gasteiger partial charge is 0.223 e. The van der Waals surface area contributed by atoms with E-state index in [4.69, 9.17) is 0 Å². The topological polar surface area (TPSA) is 51.0 Å². The Bertz CT molecular complexity index is 680. The fraction of sp³-hybridized carbons (Fsp3) is 0.526. The molecule has 0 N–H and O–H groups in total. The van der Waals surface area contributed by atoms with E-state index >= 15 is 0 Å². The van der Waals surface area contributed by atoms with E-state index in [1.165, 1.54) is 0 Å². The van der Waals surface area contributed by atoms with E-state index in [1.807, 2.05) is 40.9 Å². The van der Waals surface area contributed by atoms with Crippen molar-refractivity contribution in [2.45, 2.75) is 58.5 Å². The molecule has 0 aromatic carbocycles. The van der Waals surface area contributed by atoms with Gasteiger partial charge in [0.1, 0.15) is 0 Å². The minimum atomic E-state index is 0.140. The van der Waals surface area contributed by atoms with Crippen molar-refractivity contribution in [3.63, 3.8) is 0 Å². The zero-order valence-corrected chi connectivity index (χ0v) is 14.6. The highest BCUT2D eigenvalue weighted by Gasteiger charge is 2.28. The molecule has 0 radical (unpaired) electrons. The van der Waals surface area contributed by atoms with Crippen LogP contribution in [-0.4, -0.2) is 32.1 Å². The van der Waals surface area contributed by atoms with Gasteiger partial charge in [-0.25, -0.2) is 0 Å². The SMILES string of the molecule is Cc1cc(C)n(CCCC(=O)N2CCCCC2c2ccccn2)n1. The summed E-state index contributed by atoms with van der Waals surface area (Å²) in [5.74, 6) is 0.242. The quantitative estimate of drug-likeness (QED) is 0.846. The van der Waals surface area contributed by atoms with Gasteiger partial charge in [0.2, 0.25) is 5.91 Å². The lowest BCUT2D eigenvalue weighted by molar-refractivity contribution is -0.135. The van der Waals surface area contributed by atoms with Crippen LogP contribution < -0.4 is 0 Å². The van der Waals surface area contributed by atoms with Gasteiger partial charge in [-0.1, -0.05) is 6.07 Å². The summed E-state index contributed by atoms with van der Waals surface area (Å²) in [7, 11) is 0. The van der Waals surface area contributed by atoms with E-state index in [-0.39, 0.29) is 11.9 Å². The number of nitrogens with zero attached hydrogens (tertiary/aromatic N) is 4. The molecule has 1 amide bonds. The number of pyridine rings is 1. The second-order valence-corrected chi connectivity index (χ2v) is 6.61. The van der Waals surface area contributed by atoms with Crippen molar-refractivity contribution in [3.8, 4) is 0 Å². The van der Waals surface area contributed by atoms with Crippen LogP contribution >= 0.6 is 0 Å². The van der Waals surface area contributed by atoms with E-state index in [9.17, 15) is 4.79 Å². The maximum atomic E-state index is 12.7. The van der Waals surface area contributed by atoms with Crippen LogP contribution in [0.25, 0.3) is 0 Å². The number of amides is 1. The molecule has 24 heavy (non-hydrogen) atoms. The molecule has 1 saturated heterocycles. The average Bonchev–Trinajstić information content (AvgIpc) is 2.93. The van der Waals surface area contributed by atoms with Gasteiger partial charge in [0.05, 0.1) is 17.4 Å². The van der Waals surface area contributed by atoms with Crippen molar-refractivity contribution in [3.05, 3.63) is 47.5 Å². The van der Waals surface area contributed by atoms with Crippen LogP contribution in [-0.2, 0) is 11.3 Å². The molecule has 1 unspecified atom stereocenters. The largest absolute Gasteiger partial charge is 0.334 e. The van der Waals surface area contributed by atoms with Crippen molar-refractivity contribution in [1.29, 1.82) is 0 Å². The van der Waals surface area contributed by atoms with Crippen molar-refractivity contribution in [2.24, 2.45) is 0 Å². The first-order chi connectivity index (χ1) is 11.6. The Labute approximate surface area is 143 Å². The summed E-state index contributed by atoms with van der Waals surface area (Å²) < 4.78 is 2.00. The molecule has 2 aromatic rings. The molecular weight excluding hydrogens is 300 g/mol. The third kappa shape index (κ3) is 3.83. The molecule has 5 nitrogen and oxygen atoms in total. The Morgan fingerprint density at radius 2 is 2.17 bits per heavy atom. The standard InChI is InChI=1S/C19H26N4O/c1-15-14-16(2)23(21-15)13-7-10-19(24)22-12-6-4-9-18(22)17-8-3-5-11-20-17/h3,5,8,11,14,18H,4,6-7,9-10,12-13H2,1-2H3. The predicted octanol–water partition coefficient (Wildman–Crippen LogP) is 3.43. The molecule has 1 fully saturated rings. The second kappa shape index (κ2) is 7.60. The lowest BCUT2D eigenvalue weighted by Crippen LogP contribution is -2.38. The van der Waals surface area contributed by atoms with E-state index in [2.05, 4.69) is 23.1 Å². The Morgan fingerprint density at radius 3 is 2.88 bits per heavy atom. The van der Waals surface area contributed by atoms with Gasteiger partial charge in [0.15, 0.2) is 0 Å².